The number of nitrogens with one attached hydrogen (secondary N) is 1. The van der Waals surface area contributed by atoms with Gasteiger partial charge in [0.2, 0.25) is 0 Å². The Kier molecular flexibility index (Phi) is 4.49. The van der Waals surface area contributed by atoms with E-state index in [1.807, 2.05) is 6.20 Å². The fourth-order valence-electron chi connectivity index (χ4n) is 2.82. The molecule has 2 rings (SSSR count). The number of pyridine rings is 1. The monoisotopic (exact) mass is 236 g/mol. The van der Waals surface area contributed by atoms with Gasteiger partial charge in [-0.15, -0.1) is 0 Å². The molecule has 2 atom stereocenters. The third kappa shape index (κ3) is 3.25. The van der Waals surface area contributed by atoms with Crippen molar-refractivity contribution in [3.63, 3.8) is 0 Å². The van der Waals surface area contributed by atoms with Gasteiger partial charge in [-0.1, -0.05) is 13.3 Å². The van der Waals surface area contributed by atoms with Crippen LogP contribution in [0.15, 0.2) is 18.5 Å². The van der Waals surface area contributed by atoms with Crippen LogP contribution in [0.5, 0.6) is 0 Å². The molecule has 0 saturated heterocycles. The van der Waals surface area contributed by atoms with Gasteiger partial charge in [0.15, 0.2) is 0 Å². The second-order valence-electron chi connectivity index (χ2n) is 4.94. The molecular formula is C14H21FN2. The van der Waals surface area contributed by atoms with Crippen molar-refractivity contribution >= 4 is 0 Å². The molecule has 1 aliphatic carbocycles. The Morgan fingerprint density at radius 3 is 3.06 bits per heavy atom. The van der Waals surface area contributed by atoms with Gasteiger partial charge in [0.1, 0.15) is 5.82 Å². The Labute approximate surface area is 103 Å². The minimum atomic E-state index is -0.213. The highest BCUT2D eigenvalue weighted by Crippen LogP contribution is 2.39. The summed E-state index contributed by atoms with van der Waals surface area (Å²) in [5.74, 6) is 0.919. The Morgan fingerprint density at radius 1 is 1.41 bits per heavy atom. The zero-order valence-electron chi connectivity index (χ0n) is 10.5. The van der Waals surface area contributed by atoms with E-state index in [1.165, 1.54) is 31.9 Å². The summed E-state index contributed by atoms with van der Waals surface area (Å²) in [7, 11) is 0. The molecule has 0 bridgehead atoms. The second kappa shape index (κ2) is 6.10. The summed E-state index contributed by atoms with van der Waals surface area (Å²) in [6, 6.07) is 1.65. The summed E-state index contributed by atoms with van der Waals surface area (Å²) in [5.41, 5.74) is 1.07. The molecule has 2 nitrogen and oxygen atoms in total. The van der Waals surface area contributed by atoms with Gasteiger partial charge in [-0.05, 0) is 55.8 Å². The molecule has 1 heterocycles. The van der Waals surface area contributed by atoms with Gasteiger partial charge in [0, 0.05) is 6.20 Å². The summed E-state index contributed by atoms with van der Waals surface area (Å²) >= 11 is 0. The molecule has 1 aromatic heterocycles. The Morgan fingerprint density at radius 2 is 2.29 bits per heavy atom. The van der Waals surface area contributed by atoms with Crippen molar-refractivity contribution in [2.75, 3.05) is 13.1 Å². The Bertz CT molecular complexity index is 354. The lowest BCUT2D eigenvalue weighted by Gasteiger charge is -2.20. The maximum absolute atomic E-state index is 13.2. The highest BCUT2D eigenvalue weighted by Gasteiger charge is 2.28. The molecule has 2 unspecified atom stereocenters. The van der Waals surface area contributed by atoms with Crippen molar-refractivity contribution in [1.82, 2.24) is 10.3 Å². The topological polar surface area (TPSA) is 24.9 Å². The van der Waals surface area contributed by atoms with E-state index in [-0.39, 0.29) is 5.82 Å². The van der Waals surface area contributed by atoms with Crippen LogP contribution < -0.4 is 5.32 Å². The number of nitrogens with zero attached hydrogens (tertiary/aromatic N) is 1. The molecule has 0 amide bonds. The molecular weight excluding hydrogens is 215 g/mol. The first kappa shape index (κ1) is 12.5. The third-order valence-corrected chi connectivity index (χ3v) is 3.65. The third-order valence-electron chi connectivity index (χ3n) is 3.65. The summed E-state index contributed by atoms with van der Waals surface area (Å²) in [6.45, 7) is 4.30. The molecule has 1 N–H and O–H groups in total. The van der Waals surface area contributed by atoms with Gasteiger partial charge in [0.25, 0.3) is 0 Å². The Hall–Kier alpha value is -0.960. The van der Waals surface area contributed by atoms with Crippen LogP contribution in [0, 0.1) is 11.7 Å². The molecule has 0 radical (unpaired) electrons. The van der Waals surface area contributed by atoms with Crippen LogP contribution >= 0.6 is 0 Å². The first-order valence-corrected chi connectivity index (χ1v) is 6.62. The smallest absolute Gasteiger partial charge is 0.141 e. The van der Waals surface area contributed by atoms with E-state index in [2.05, 4.69) is 17.2 Å². The van der Waals surface area contributed by atoms with Gasteiger partial charge in [0.05, 0.1) is 6.20 Å². The van der Waals surface area contributed by atoms with Crippen molar-refractivity contribution in [2.45, 2.75) is 38.5 Å². The maximum Gasteiger partial charge on any atom is 0.141 e. The van der Waals surface area contributed by atoms with Crippen LogP contribution in [0.25, 0.3) is 0 Å². The number of hydrogen-bond donors (Lipinski definition) is 1. The summed E-state index contributed by atoms with van der Waals surface area (Å²) < 4.78 is 13.2. The number of hydrogen-bond acceptors (Lipinski definition) is 2. The van der Waals surface area contributed by atoms with Crippen LogP contribution in [0.3, 0.4) is 0 Å². The van der Waals surface area contributed by atoms with Crippen LogP contribution in [-0.4, -0.2) is 18.1 Å². The summed E-state index contributed by atoms with van der Waals surface area (Å²) in [5, 5.41) is 3.48. The standard InChI is InChI=1S/C14H21FN2/c1-2-6-16-8-11-4-3-5-14(11)12-7-13(15)10-17-9-12/h7,9-11,14,16H,2-6,8H2,1H3. The number of halogens is 1. The molecule has 1 aromatic rings. The highest BCUT2D eigenvalue weighted by atomic mass is 19.1. The van der Waals surface area contributed by atoms with E-state index in [9.17, 15) is 4.39 Å². The van der Waals surface area contributed by atoms with Gasteiger partial charge in [-0.3, -0.25) is 4.98 Å². The predicted octanol–water partition coefficient (Wildman–Crippen LogP) is 3.10. The molecule has 0 spiro atoms. The molecule has 1 saturated carbocycles. The lowest BCUT2D eigenvalue weighted by atomic mass is 9.90. The molecule has 0 aromatic carbocycles. The fraction of sp³-hybridized carbons (Fsp3) is 0.643. The number of rotatable bonds is 5. The van der Waals surface area contributed by atoms with Gasteiger partial charge in [-0.25, -0.2) is 4.39 Å². The van der Waals surface area contributed by atoms with Gasteiger partial charge < -0.3 is 5.32 Å². The summed E-state index contributed by atoms with van der Waals surface area (Å²) in [4.78, 5) is 3.96. The Balaban J connectivity index is 1.99. The number of aromatic nitrogens is 1. The van der Waals surface area contributed by atoms with Crippen LogP contribution in [0.4, 0.5) is 4.39 Å². The predicted molar refractivity (Wildman–Crippen MR) is 67.4 cm³/mol. The summed E-state index contributed by atoms with van der Waals surface area (Å²) in [6.07, 6.45) is 7.94. The van der Waals surface area contributed by atoms with E-state index >= 15 is 0 Å². The molecule has 94 valence electrons. The lowest BCUT2D eigenvalue weighted by Crippen LogP contribution is -2.25. The lowest BCUT2D eigenvalue weighted by molar-refractivity contribution is 0.442. The zero-order chi connectivity index (χ0) is 12.1. The van der Waals surface area contributed by atoms with Crippen LogP contribution in [-0.2, 0) is 0 Å². The van der Waals surface area contributed by atoms with E-state index in [1.54, 1.807) is 6.07 Å². The van der Waals surface area contributed by atoms with Crippen molar-refractivity contribution in [3.05, 3.63) is 29.8 Å². The molecule has 3 heteroatoms. The maximum atomic E-state index is 13.2. The quantitative estimate of drug-likeness (QED) is 0.795. The van der Waals surface area contributed by atoms with Crippen LogP contribution in [0.2, 0.25) is 0 Å². The van der Waals surface area contributed by atoms with E-state index in [0.29, 0.717) is 11.8 Å². The average molecular weight is 236 g/mol. The molecule has 17 heavy (non-hydrogen) atoms. The first-order chi connectivity index (χ1) is 8.31. The SMILES string of the molecule is CCCNCC1CCCC1c1cncc(F)c1. The normalized spacial score (nSPS) is 24.1. The van der Waals surface area contributed by atoms with E-state index < -0.39 is 0 Å². The fourth-order valence-corrected chi connectivity index (χ4v) is 2.82. The van der Waals surface area contributed by atoms with E-state index in [0.717, 1.165) is 18.7 Å². The van der Waals surface area contributed by atoms with Crippen molar-refractivity contribution in [2.24, 2.45) is 5.92 Å². The van der Waals surface area contributed by atoms with E-state index in [4.69, 9.17) is 0 Å². The molecule has 1 fully saturated rings. The van der Waals surface area contributed by atoms with Crippen molar-refractivity contribution in [1.29, 1.82) is 0 Å². The largest absolute Gasteiger partial charge is 0.316 e. The zero-order valence-corrected chi connectivity index (χ0v) is 10.5. The minimum Gasteiger partial charge on any atom is -0.316 e. The molecule has 1 aliphatic rings. The van der Waals surface area contributed by atoms with Gasteiger partial charge in [-0.2, -0.15) is 0 Å². The average Bonchev–Trinajstić information content (AvgIpc) is 2.78. The van der Waals surface area contributed by atoms with Crippen molar-refractivity contribution < 1.29 is 4.39 Å². The highest BCUT2D eigenvalue weighted by molar-refractivity contribution is 5.18. The minimum absolute atomic E-state index is 0.213. The second-order valence-corrected chi connectivity index (χ2v) is 4.94. The first-order valence-electron chi connectivity index (χ1n) is 6.62. The molecule has 0 aliphatic heterocycles. The van der Waals surface area contributed by atoms with Crippen LogP contribution in [0.1, 0.15) is 44.1 Å². The van der Waals surface area contributed by atoms with Gasteiger partial charge >= 0.3 is 0 Å². The van der Waals surface area contributed by atoms with Crippen molar-refractivity contribution in [3.8, 4) is 0 Å².